The Kier molecular flexibility index (Phi) is 6.82. The third-order valence-corrected chi connectivity index (χ3v) is 5.99. The van der Waals surface area contributed by atoms with Gasteiger partial charge in [-0.05, 0) is 48.9 Å². The first-order valence-electron chi connectivity index (χ1n) is 11.9. The van der Waals surface area contributed by atoms with Crippen molar-refractivity contribution in [2.75, 3.05) is 6.61 Å². The molecular weight excluding hydrogens is 488 g/mol. The number of fused-ring (bicyclic) bond motifs is 1. The van der Waals surface area contributed by atoms with E-state index >= 15 is 0 Å². The van der Waals surface area contributed by atoms with E-state index in [1.54, 1.807) is 85.8 Å². The van der Waals surface area contributed by atoms with E-state index in [0.717, 1.165) is 4.90 Å². The molecule has 0 N–H and O–H groups in total. The Bertz CT molecular complexity index is 1470. The van der Waals surface area contributed by atoms with Gasteiger partial charge in [0.15, 0.2) is 0 Å². The summed E-state index contributed by atoms with van der Waals surface area (Å²) in [6.07, 6.45) is 1.35. The Morgan fingerprint density at radius 1 is 0.868 bits per heavy atom. The maximum absolute atomic E-state index is 13.3. The van der Waals surface area contributed by atoms with Gasteiger partial charge in [-0.15, -0.1) is 0 Å². The third-order valence-electron chi connectivity index (χ3n) is 5.99. The summed E-state index contributed by atoms with van der Waals surface area (Å²) in [5.41, 5.74) is 1.69. The van der Waals surface area contributed by atoms with E-state index in [-0.39, 0.29) is 35.8 Å². The van der Waals surface area contributed by atoms with Crippen molar-refractivity contribution in [2.24, 2.45) is 0 Å². The van der Waals surface area contributed by atoms with Crippen LogP contribution in [0.1, 0.15) is 66.0 Å². The summed E-state index contributed by atoms with van der Waals surface area (Å²) in [6.45, 7) is 1.81. The zero-order chi connectivity index (χ0) is 26.6. The van der Waals surface area contributed by atoms with Crippen molar-refractivity contribution in [2.45, 2.75) is 19.4 Å². The second-order valence-electron chi connectivity index (χ2n) is 8.43. The Balaban J connectivity index is 1.42. The molecule has 1 unspecified atom stereocenters. The molecule has 0 saturated heterocycles. The standard InChI is InChI=1S/C29H22N2O7/c1-2-36-29(35)24-17-30-25(38-24)23(31-26(32)21-10-6-7-11-22(21)27(31)33)16-18-12-14-20(15-13-18)37-28(34)19-8-4-3-5-9-19/h3-15,17,23H,2,16H2,1H3. The lowest BCUT2D eigenvalue weighted by atomic mass is 10.0. The second kappa shape index (κ2) is 10.5. The van der Waals surface area contributed by atoms with Crippen LogP contribution in [0.3, 0.4) is 0 Å². The molecule has 4 aromatic rings. The molecule has 9 heteroatoms. The van der Waals surface area contributed by atoms with Crippen LogP contribution in [0.5, 0.6) is 5.75 Å². The summed E-state index contributed by atoms with van der Waals surface area (Å²) in [4.78, 5) is 56.3. The van der Waals surface area contributed by atoms with Gasteiger partial charge in [-0.2, -0.15) is 0 Å². The number of amides is 2. The van der Waals surface area contributed by atoms with E-state index in [9.17, 15) is 19.2 Å². The van der Waals surface area contributed by atoms with Gasteiger partial charge in [-0.1, -0.05) is 42.5 Å². The molecule has 5 rings (SSSR count). The summed E-state index contributed by atoms with van der Waals surface area (Å²) < 4.78 is 16.1. The van der Waals surface area contributed by atoms with Gasteiger partial charge in [0.1, 0.15) is 11.8 Å². The second-order valence-corrected chi connectivity index (χ2v) is 8.43. The number of aromatic nitrogens is 1. The summed E-state index contributed by atoms with van der Waals surface area (Å²) >= 11 is 0. The van der Waals surface area contributed by atoms with Gasteiger partial charge in [0, 0.05) is 6.42 Å². The molecule has 9 nitrogen and oxygen atoms in total. The first kappa shape index (κ1) is 24.6. The third kappa shape index (κ3) is 4.81. The van der Waals surface area contributed by atoms with E-state index in [2.05, 4.69) is 4.98 Å². The monoisotopic (exact) mass is 510 g/mol. The van der Waals surface area contributed by atoms with Crippen molar-refractivity contribution >= 4 is 23.8 Å². The molecule has 3 aromatic carbocycles. The maximum atomic E-state index is 13.3. The lowest BCUT2D eigenvalue weighted by Gasteiger charge is -2.24. The highest BCUT2D eigenvalue weighted by Gasteiger charge is 2.42. The Morgan fingerprint density at radius 2 is 1.50 bits per heavy atom. The van der Waals surface area contributed by atoms with Crippen LogP contribution in [0.2, 0.25) is 0 Å². The number of oxazole rings is 1. The zero-order valence-electron chi connectivity index (χ0n) is 20.3. The summed E-state index contributed by atoms with van der Waals surface area (Å²) in [5.74, 6) is -1.94. The van der Waals surface area contributed by atoms with Gasteiger partial charge < -0.3 is 13.9 Å². The first-order valence-corrected chi connectivity index (χ1v) is 11.9. The van der Waals surface area contributed by atoms with Crippen LogP contribution in [0.4, 0.5) is 0 Å². The van der Waals surface area contributed by atoms with Gasteiger partial charge in [0.2, 0.25) is 11.7 Å². The molecule has 1 atom stereocenters. The predicted octanol–water partition coefficient (Wildman–Crippen LogP) is 4.65. The Labute approximate surface area is 217 Å². The van der Waals surface area contributed by atoms with E-state index in [0.29, 0.717) is 16.9 Å². The van der Waals surface area contributed by atoms with Crippen LogP contribution in [-0.2, 0) is 11.2 Å². The smallest absolute Gasteiger partial charge is 0.375 e. The van der Waals surface area contributed by atoms with Crippen LogP contribution in [0, 0.1) is 0 Å². The van der Waals surface area contributed by atoms with Crippen LogP contribution in [-0.4, -0.2) is 40.2 Å². The first-order chi connectivity index (χ1) is 18.5. The van der Waals surface area contributed by atoms with E-state index in [4.69, 9.17) is 13.9 Å². The van der Waals surface area contributed by atoms with E-state index < -0.39 is 29.8 Å². The van der Waals surface area contributed by atoms with Crippen molar-refractivity contribution in [1.82, 2.24) is 9.88 Å². The zero-order valence-corrected chi connectivity index (χ0v) is 20.3. The number of ether oxygens (including phenoxy) is 2. The molecule has 0 aliphatic carbocycles. The molecule has 1 aromatic heterocycles. The molecule has 2 amide bonds. The molecular formula is C29H22N2O7. The quantitative estimate of drug-likeness (QED) is 0.191. The van der Waals surface area contributed by atoms with Gasteiger partial charge >= 0.3 is 11.9 Å². The summed E-state index contributed by atoms with van der Waals surface area (Å²) in [7, 11) is 0. The highest BCUT2D eigenvalue weighted by Crippen LogP contribution is 2.34. The number of nitrogens with zero attached hydrogens (tertiary/aromatic N) is 2. The van der Waals surface area contributed by atoms with Crippen molar-refractivity contribution in [3.8, 4) is 5.75 Å². The minimum absolute atomic E-state index is 0.0159. The van der Waals surface area contributed by atoms with Crippen molar-refractivity contribution < 1.29 is 33.1 Å². The van der Waals surface area contributed by atoms with E-state index in [1.165, 1.54) is 6.20 Å². The maximum Gasteiger partial charge on any atom is 0.375 e. The fourth-order valence-corrected chi connectivity index (χ4v) is 4.18. The highest BCUT2D eigenvalue weighted by molar-refractivity contribution is 6.21. The number of hydrogen-bond acceptors (Lipinski definition) is 8. The van der Waals surface area contributed by atoms with Crippen LogP contribution in [0.25, 0.3) is 0 Å². The highest BCUT2D eigenvalue weighted by atomic mass is 16.5. The molecule has 0 fully saturated rings. The topological polar surface area (TPSA) is 116 Å². The molecule has 2 heterocycles. The molecule has 0 bridgehead atoms. The number of imide groups is 1. The Morgan fingerprint density at radius 3 is 2.13 bits per heavy atom. The van der Waals surface area contributed by atoms with Gasteiger partial charge in [-0.3, -0.25) is 14.5 Å². The number of benzene rings is 3. The largest absolute Gasteiger partial charge is 0.460 e. The predicted molar refractivity (Wildman–Crippen MR) is 134 cm³/mol. The molecule has 1 aliphatic rings. The lowest BCUT2D eigenvalue weighted by Crippen LogP contribution is -2.35. The molecule has 190 valence electrons. The van der Waals surface area contributed by atoms with Gasteiger partial charge in [-0.25, -0.2) is 14.6 Å². The van der Waals surface area contributed by atoms with Gasteiger partial charge in [0.05, 0.1) is 29.5 Å². The Hall–Kier alpha value is -5.05. The van der Waals surface area contributed by atoms with Crippen LogP contribution >= 0.6 is 0 Å². The lowest BCUT2D eigenvalue weighted by molar-refractivity contribution is 0.0480. The summed E-state index contributed by atoms with van der Waals surface area (Å²) in [6, 6.07) is 20.9. The fraction of sp³-hybridized carbons (Fsp3) is 0.138. The van der Waals surface area contributed by atoms with E-state index in [1.807, 2.05) is 0 Å². The number of rotatable bonds is 8. The minimum atomic E-state index is -0.941. The number of hydrogen-bond donors (Lipinski definition) is 0. The minimum Gasteiger partial charge on any atom is -0.460 e. The van der Waals surface area contributed by atoms with Crippen molar-refractivity contribution in [3.63, 3.8) is 0 Å². The summed E-state index contributed by atoms with van der Waals surface area (Å²) in [5, 5.41) is 0. The van der Waals surface area contributed by atoms with Crippen molar-refractivity contribution in [3.05, 3.63) is 119 Å². The normalized spacial score (nSPS) is 13.2. The van der Waals surface area contributed by atoms with Crippen LogP contribution < -0.4 is 4.74 Å². The van der Waals surface area contributed by atoms with Crippen LogP contribution in [0.15, 0.2) is 89.5 Å². The average Bonchev–Trinajstić information content (AvgIpc) is 3.53. The molecule has 0 saturated carbocycles. The number of carbonyl (C=O) groups is 4. The number of carbonyl (C=O) groups excluding carboxylic acids is 4. The van der Waals surface area contributed by atoms with Gasteiger partial charge in [0.25, 0.3) is 11.8 Å². The molecule has 38 heavy (non-hydrogen) atoms. The number of esters is 2. The molecule has 0 radical (unpaired) electrons. The molecule has 1 aliphatic heterocycles. The average molecular weight is 511 g/mol. The SMILES string of the molecule is CCOC(=O)c1cnc(C(Cc2ccc(OC(=O)c3ccccc3)cc2)N2C(=O)c3ccccc3C2=O)o1. The van der Waals surface area contributed by atoms with Crippen molar-refractivity contribution in [1.29, 1.82) is 0 Å². The molecule has 0 spiro atoms. The fourth-order valence-electron chi connectivity index (χ4n) is 4.18.